The molecule has 0 unspecified atom stereocenters. The Labute approximate surface area is 177 Å². The minimum Gasteiger partial charge on any atom is -0.453 e. The molecule has 6 nitrogen and oxygen atoms in total. The number of hydrogen-bond donors (Lipinski definition) is 1. The molecule has 0 saturated carbocycles. The van der Waals surface area contributed by atoms with Gasteiger partial charge in [-0.2, -0.15) is 4.37 Å². The van der Waals surface area contributed by atoms with E-state index in [-0.39, 0.29) is 5.92 Å². The summed E-state index contributed by atoms with van der Waals surface area (Å²) in [5, 5.41) is 4.82. The second kappa shape index (κ2) is 9.02. The second-order valence-corrected chi connectivity index (χ2v) is 8.29. The van der Waals surface area contributed by atoms with Gasteiger partial charge in [0.15, 0.2) is 11.6 Å². The predicted octanol–water partition coefficient (Wildman–Crippen LogP) is 6.14. The standard InChI is InChI=1S/C21H19N5OS2/c1-14(2)19-24-21(29-26-19)25-20-17(27-15-8-4-3-5-9-15)12-16(13-23-20)28-18-10-6-7-11-22-18/h3-14H,1-2H3,(H,23,24,25,26). The zero-order valence-corrected chi connectivity index (χ0v) is 17.6. The highest BCUT2D eigenvalue weighted by atomic mass is 32.2. The van der Waals surface area contributed by atoms with Crippen LogP contribution in [0.3, 0.4) is 0 Å². The zero-order valence-electron chi connectivity index (χ0n) is 15.9. The topological polar surface area (TPSA) is 72.8 Å². The first kappa shape index (κ1) is 19.4. The fraction of sp³-hybridized carbons (Fsp3) is 0.143. The maximum absolute atomic E-state index is 6.11. The summed E-state index contributed by atoms with van der Waals surface area (Å²) in [6, 6.07) is 17.4. The molecule has 1 aromatic carbocycles. The number of benzene rings is 1. The maximum Gasteiger partial charge on any atom is 0.208 e. The minimum absolute atomic E-state index is 0.270. The first-order valence-corrected chi connectivity index (χ1v) is 10.7. The quantitative estimate of drug-likeness (QED) is 0.384. The van der Waals surface area contributed by atoms with E-state index >= 15 is 0 Å². The first-order chi connectivity index (χ1) is 14.2. The summed E-state index contributed by atoms with van der Waals surface area (Å²) in [4.78, 5) is 14.4. The number of ether oxygens (including phenoxy) is 1. The van der Waals surface area contributed by atoms with E-state index in [2.05, 4.69) is 38.5 Å². The van der Waals surface area contributed by atoms with Gasteiger partial charge in [-0.3, -0.25) is 0 Å². The van der Waals surface area contributed by atoms with Gasteiger partial charge < -0.3 is 10.1 Å². The molecule has 0 spiro atoms. The summed E-state index contributed by atoms with van der Waals surface area (Å²) >= 11 is 2.84. The average Bonchev–Trinajstić information content (AvgIpc) is 3.21. The van der Waals surface area contributed by atoms with Crippen LogP contribution in [0.25, 0.3) is 0 Å². The van der Waals surface area contributed by atoms with Crippen molar-refractivity contribution < 1.29 is 4.74 Å². The van der Waals surface area contributed by atoms with Crippen LogP contribution in [0.2, 0.25) is 0 Å². The molecule has 8 heteroatoms. The summed E-state index contributed by atoms with van der Waals surface area (Å²) < 4.78 is 10.5. The van der Waals surface area contributed by atoms with Crippen molar-refractivity contribution in [3.8, 4) is 11.5 Å². The van der Waals surface area contributed by atoms with Gasteiger partial charge in [0.25, 0.3) is 0 Å². The molecule has 0 aliphatic heterocycles. The van der Waals surface area contributed by atoms with E-state index in [9.17, 15) is 0 Å². The van der Waals surface area contributed by atoms with Crippen molar-refractivity contribution in [2.75, 3.05) is 5.32 Å². The van der Waals surface area contributed by atoms with Crippen LogP contribution in [0, 0.1) is 0 Å². The molecule has 4 rings (SSSR count). The summed E-state index contributed by atoms with van der Waals surface area (Å²) in [7, 11) is 0. The van der Waals surface area contributed by atoms with E-state index in [0.717, 1.165) is 21.5 Å². The Bertz CT molecular complexity index is 1070. The van der Waals surface area contributed by atoms with Crippen LogP contribution in [-0.4, -0.2) is 19.3 Å². The highest BCUT2D eigenvalue weighted by Crippen LogP contribution is 2.35. The molecule has 0 aliphatic rings. The van der Waals surface area contributed by atoms with E-state index in [1.54, 1.807) is 12.4 Å². The minimum atomic E-state index is 0.270. The van der Waals surface area contributed by atoms with E-state index in [1.807, 2.05) is 54.6 Å². The van der Waals surface area contributed by atoms with Gasteiger partial charge in [-0.15, -0.1) is 0 Å². The van der Waals surface area contributed by atoms with Gasteiger partial charge in [0.2, 0.25) is 5.13 Å². The van der Waals surface area contributed by atoms with Crippen LogP contribution in [-0.2, 0) is 0 Å². The molecular weight excluding hydrogens is 402 g/mol. The monoisotopic (exact) mass is 421 g/mol. The highest BCUT2D eigenvalue weighted by molar-refractivity contribution is 7.99. The third-order valence-corrected chi connectivity index (χ3v) is 5.40. The summed E-state index contributed by atoms with van der Waals surface area (Å²) in [6.45, 7) is 4.13. The van der Waals surface area contributed by atoms with Crippen molar-refractivity contribution in [3.05, 3.63) is 72.8 Å². The molecule has 0 bridgehead atoms. The number of para-hydroxylation sites is 1. The van der Waals surface area contributed by atoms with E-state index < -0.39 is 0 Å². The smallest absolute Gasteiger partial charge is 0.208 e. The predicted molar refractivity (Wildman–Crippen MR) is 116 cm³/mol. The number of aromatic nitrogens is 4. The van der Waals surface area contributed by atoms with Crippen LogP contribution in [0.15, 0.2) is 76.9 Å². The summed E-state index contributed by atoms with van der Waals surface area (Å²) in [5.41, 5.74) is 0. The molecule has 29 heavy (non-hydrogen) atoms. The van der Waals surface area contributed by atoms with Crippen molar-refractivity contribution in [3.63, 3.8) is 0 Å². The Morgan fingerprint density at radius 1 is 1.03 bits per heavy atom. The van der Waals surface area contributed by atoms with Crippen LogP contribution in [0.1, 0.15) is 25.6 Å². The Balaban J connectivity index is 1.63. The maximum atomic E-state index is 6.11. The Kier molecular flexibility index (Phi) is 6.02. The van der Waals surface area contributed by atoms with E-state index in [4.69, 9.17) is 4.74 Å². The fourth-order valence-corrected chi connectivity index (χ4v) is 3.90. The molecule has 4 aromatic rings. The van der Waals surface area contributed by atoms with Gasteiger partial charge in [0, 0.05) is 40.8 Å². The number of nitrogens with one attached hydrogen (secondary N) is 1. The molecule has 146 valence electrons. The van der Waals surface area contributed by atoms with Crippen LogP contribution < -0.4 is 10.1 Å². The lowest BCUT2D eigenvalue weighted by Gasteiger charge is -2.12. The molecule has 0 aliphatic carbocycles. The molecule has 0 radical (unpaired) electrons. The molecule has 1 N–H and O–H groups in total. The normalized spacial score (nSPS) is 10.9. The molecule has 0 fully saturated rings. The van der Waals surface area contributed by atoms with Crippen molar-refractivity contribution >= 4 is 34.2 Å². The van der Waals surface area contributed by atoms with Crippen molar-refractivity contribution in [1.29, 1.82) is 0 Å². The number of hydrogen-bond acceptors (Lipinski definition) is 8. The highest BCUT2D eigenvalue weighted by Gasteiger charge is 2.14. The molecule has 0 amide bonds. The Morgan fingerprint density at radius 2 is 1.86 bits per heavy atom. The lowest BCUT2D eigenvalue weighted by molar-refractivity contribution is 0.481. The summed E-state index contributed by atoms with van der Waals surface area (Å²) in [6.07, 6.45) is 3.57. The second-order valence-electron chi connectivity index (χ2n) is 6.44. The third kappa shape index (κ3) is 5.10. The third-order valence-electron chi connectivity index (χ3n) is 3.84. The van der Waals surface area contributed by atoms with E-state index in [0.29, 0.717) is 16.7 Å². The van der Waals surface area contributed by atoms with Gasteiger partial charge in [-0.25, -0.2) is 15.0 Å². The number of rotatable bonds is 7. The van der Waals surface area contributed by atoms with Gasteiger partial charge in [-0.05, 0) is 24.3 Å². The summed E-state index contributed by atoms with van der Waals surface area (Å²) in [5.74, 6) is 3.01. The molecule has 3 heterocycles. The lowest BCUT2D eigenvalue weighted by atomic mass is 10.2. The zero-order chi connectivity index (χ0) is 20.1. The largest absolute Gasteiger partial charge is 0.453 e. The number of nitrogens with zero attached hydrogens (tertiary/aromatic N) is 4. The van der Waals surface area contributed by atoms with Gasteiger partial charge in [0.1, 0.15) is 16.6 Å². The number of pyridine rings is 2. The van der Waals surface area contributed by atoms with Crippen LogP contribution in [0.4, 0.5) is 10.9 Å². The Morgan fingerprint density at radius 3 is 2.59 bits per heavy atom. The SMILES string of the molecule is CC(C)c1nsc(Nc2ncc(Sc3ccccn3)cc2Oc2ccccc2)n1. The molecule has 3 aromatic heterocycles. The van der Waals surface area contributed by atoms with Crippen molar-refractivity contribution in [1.82, 2.24) is 19.3 Å². The average molecular weight is 422 g/mol. The van der Waals surface area contributed by atoms with Crippen molar-refractivity contribution in [2.45, 2.75) is 29.7 Å². The lowest BCUT2D eigenvalue weighted by Crippen LogP contribution is -1.98. The molecule has 0 atom stereocenters. The first-order valence-electron chi connectivity index (χ1n) is 9.10. The van der Waals surface area contributed by atoms with Crippen LogP contribution >= 0.6 is 23.3 Å². The Hall–Kier alpha value is -2.97. The fourth-order valence-electron chi connectivity index (χ4n) is 2.42. The van der Waals surface area contributed by atoms with Gasteiger partial charge >= 0.3 is 0 Å². The van der Waals surface area contributed by atoms with Gasteiger partial charge in [0.05, 0.1) is 0 Å². The number of anilines is 2. The van der Waals surface area contributed by atoms with Crippen molar-refractivity contribution in [2.24, 2.45) is 0 Å². The van der Waals surface area contributed by atoms with Crippen LogP contribution in [0.5, 0.6) is 11.5 Å². The van der Waals surface area contributed by atoms with E-state index in [1.165, 1.54) is 23.3 Å². The molecule has 0 saturated heterocycles. The molecular formula is C21H19N5OS2. The van der Waals surface area contributed by atoms with Gasteiger partial charge in [-0.1, -0.05) is 49.9 Å².